The van der Waals surface area contributed by atoms with Gasteiger partial charge in [0.1, 0.15) is 11.7 Å². The van der Waals surface area contributed by atoms with Crippen LogP contribution in [-0.4, -0.2) is 46.8 Å². The van der Waals surface area contributed by atoms with Gasteiger partial charge in [0.15, 0.2) is 5.78 Å². The first-order valence-corrected chi connectivity index (χ1v) is 12.6. The maximum Gasteiger partial charge on any atom is 0.242 e. The quantitative estimate of drug-likeness (QED) is 0.389. The van der Waals surface area contributed by atoms with Crippen molar-refractivity contribution in [1.82, 2.24) is 9.88 Å². The van der Waals surface area contributed by atoms with Crippen LogP contribution in [0.4, 0.5) is 15.8 Å². The number of Topliss-reactive ketones (excluding diaryl/α,β-unsaturated/α-hetero) is 1. The van der Waals surface area contributed by atoms with Crippen molar-refractivity contribution in [1.29, 1.82) is 0 Å². The standard InChI is InChI=1S/C29H31FN4O3/c1-33(2)16-19-13-22(35)10-11-23(19)18-4-3-5-21(12-18)34-25-15-32-26(30)14-24(25)28(36)27(29(34)37)17-6-8-20(31)9-7-17/h3-5,10-15,17,20,27,35H,6-9,16,31H2,1-2H3. The third kappa shape index (κ3) is 4.86. The zero-order valence-electron chi connectivity index (χ0n) is 21.0. The SMILES string of the molecule is CN(C)Cc1cc(O)ccc1-c1cccc(N2C(=O)C(C3CCC(N)CC3)C(=O)c3cc(F)ncc32)c1. The number of aromatic nitrogens is 1. The Morgan fingerprint density at radius 1 is 1.05 bits per heavy atom. The Kier molecular flexibility index (Phi) is 6.79. The summed E-state index contributed by atoms with van der Waals surface area (Å²) in [6.07, 6.45) is 4.13. The fourth-order valence-corrected chi connectivity index (χ4v) is 5.64. The lowest BCUT2D eigenvalue weighted by Crippen LogP contribution is -2.47. The number of ketones is 1. The van der Waals surface area contributed by atoms with Gasteiger partial charge in [-0.15, -0.1) is 0 Å². The van der Waals surface area contributed by atoms with Crippen LogP contribution in [0.2, 0.25) is 0 Å². The first kappa shape index (κ1) is 25.0. The minimum absolute atomic E-state index is 0.0773. The fourth-order valence-electron chi connectivity index (χ4n) is 5.64. The molecule has 192 valence electrons. The number of nitrogens with two attached hydrogens (primary N) is 1. The molecule has 2 aromatic carbocycles. The number of carbonyl (C=O) groups excluding carboxylic acids is 2. The maximum absolute atomic E-state index is 14.2. The minimum Gasteiger partial charge on any atom is -0.508 e. The molecule has 1 saturated carbocycles. The molecule has 0 spiro atoms. The number of benzene rings is 2. The van der Waals surface area contributed by atoms with Crippen LogP contribution >= 0.6 is 0 Å². The molecule has 2 aliphatic rings. The Labute approximate surface area is 215 Å². The van der Waals surface area contributed by atoms with Gasteiger partial charge in [-0.3, -0.25) is 14.5 Å². The van der Waals surface area contributed by atoms with E-state index in [0.29, 0.717) is 25.1 Å². The Bertz CT molecular complexity index is 1350. The number of hydrogen-bond donors (Lipinski definition) is 2. The van der Waals surface area contributed by atoms with E-state index in [0.717, 1.165) is 35.6 Å². The molecule has 7 nitrogen and oxygen atoms in total. The molecule has 1 atom stereocenters. The van der Waals surface area contributed by atoms with Crippen LogP contribution in [-0.2, 0) is 11.3 Å². The number of pyridine rings is 1. The summed E-state index contributed by atoms with van der Waals surface area (Å²) in [4.78, 5) is 34.8. The predicted molar refractivity (Wildman–Crippen MR) is 140 cm³/mol. The van der Waals surface area contributed by atoms with Crippen LogP contribution < -0.4 is 10.6 Å². The number of phenols is 1. The number of amides is 1. The summed E-state index contributed by atoms with van der Waals surface area (Å²) in [6.45, 7) is 0.614. The molecule has 0 bridgehead atoms. The molecular formula is C29H31FN4O3. The number of phenolic OH excluding ortho intramolecular Hbond substituents is 1. The van der Waals surface area contributed by atoms with Crippen molar-refractivity contribution in [3.05, 3.63) is 71.8 Å². The number of anilines is 2. The number of hydrogen-bond acceptors (Lipinski definition) is 6. The van der Waals surface area contributed by atoms with Crippen molar-refractivity contribution in [2.45, 2.75) is 38.3 Å². The largest absolute Gasteiger partial charge is 0.508 e. The Morgan fingerprint density at radius 2 is 1.81 bits per heavy atom. The van der Waals surface area contributed by atoms with E-state index in [4.69, 9.17) is 5.73 Å². The Balaban J connectivity index is 1.60. The van der Waals surface area contributed by atoms with Crippen molar-refractivity contribution in [3.63, 3.8) is 0 Å². The number of rotatable bonds is 5. The molecule has 37 heavy (non-hydrogen) atoms. The second-order valence-corrected chi connectivity index (χ2v) is 10.3. The fraction of sp³-hybridized carbons (Fsp3) is 0.345. The first-order valence-electron chi connectivity index (χ1n) is 12.6. The summed E-state index contributed by atoms with van der Waals surface area (Å²) in [5.74, 6) is -2.26. The van der Waals surface area contributed by atoms with E-state index in [-0.39, 0.29) is 40.7 Å². The summed E-state index contributed by atoms with van der Waals surface area (Å²) >= 11 is 0. The van der Waals surface area contributed by atoms with E-state index in [1.807, 2.05) is 49.3 Å². The second-order valence-electron chi connectivity index (χ2n) is 10.3. The Hall–Kier alpha value is -3.62. The summed E-state index contributed by atoms with van der Waals surface area (Å²) in [6, 6.07) is 13.9. The lowest BCUT2D eigenvalue weighted by Gasteiger charge is -2.38. The first-order chi connectivity index (χ1) is 17.7. The van der Waals surface area contributed by atoms with Gasteiger partial charge in [0.25, 0.3) is 0 Å². The van der Waals surface area contributed by atoms with Gasteiger partial charge in [0.2, 0.25) is 11.9 Å². The van der Waals surface area contributed by atoms with Gasteiger partial charge in [0, 0.05) is 29.9 Å². The molecule has 1 fully saturated rings. The monoisotopic (exact) mass is 502 g/mol. The molecule has 3 N–H and O–H groups in total. The van der Waals surface area contributed by atoms with Crippen molar-refractivity contribution < 1.29 is 19.1 Å². The third-order valence-electron chi connectivity index (χ3n) is 7.40. The minimum atomic E-state index is -0.886. The second kappa shape index (κ2) is 10.0. The van der Waals surface area contributed by atoms with Crippen LogP contribution in [0.1, 0.15) is 41.6 Å². The summed E-state index contributed by atoms with van der Waals surface area (Å²) in [5, 5.41) is 10.1. The molecule has 1 aromatic heterocycles. The van der Waals surface area contributed by atoms with Gasteiger partial charge < -0.3 is 15.7 Å². The van der Waals surface area contributed by atoms with Crippen LogP contribution in [0.5, 0.6) is 5.75 Å². The number of aromatic hydroxyl groups is 1. The molecule has 1 amide bonds. The highest BCUT2D eigenvalue weighted by Gasteiger charge is 2.45. The van der Waals surface area contributed by atoms with E-state index in [2.05, 4.69) is 4.98 Å². The van der Waals surface area contributed by atoms with Gasteiger partial charge in [0.05, 0.1) is 11.9 Å². The zero-order valence-corrected chi connectivity index (χ0v) is 21.0. The highest BCUT2D eigenvalue weighted by atomic mass is 19.1. The molecular weight excluding hydrogens is 471 g/mol. The lowest BCUT2D eigenvalue weighted by atomic mass is 9.73. The average molecular weight is 503 g/mol. The van der Waals surface area contributed by atoms with Crippen LogP contribution in [0, 0.1) is 17.8 Å². The predicted octanol–water partition coefficient (Wildman–Crippen LogP) is 4.65. The summed E-state index contributed by atoms with van der Waals surface area (Å²) in [5.41, 5.74) is 9.83. The van der Waals surface area contributed by atoms with E-state index >= 15 is 0 Å². The maximum atomic E-state index is 14.2. The van der Waals surface area contributed by atoms with E-state index in [1.165, 1.54) is 11.1 Å². The Morgan fingerprint density at radius 3 is 2.54 bits per heavy atom. The van der Waals surface area contributed by atoms with Crippen LogP contribution in [0.3, 0.4) is 0 Å². The average Bonchev–Trinajstić information content (AvgIpc) is 2.86. The molecule has 5 rings (SSSR count). The molecule has 1 unspecified atom stereocenters. The highest BCUT2D eigenvalue weighted by molar-refractivity contribution is 6.24. The lowest BCUT2D eigenvalue weighted by molar-refractivity contribution is -0.122. The zero-order chi connectivity index (χ0) is 26.3. The molecule has 1 aliphatic heterocycles. The van der Waals surface area contributed by atoms with Gasteiger partial charge in [-0.1, -0.05) is 18.2 Å². The normalized spacial score (nSPS) is 21.9. The number of carbonyl (C=O) groups is 2. The summed E-state index contributed by atoms with van der Waals surface area (Å²) < 4.78 is 14.2. The third-order valence-corrected chi connectivity index (χ3v) is 7.40. The van der Waals surface area contributed by atoms with E-state index in [9.17, 15) is 19.1 Å². The number of nitrogens with zero attached hydrogens (tertiary/aromatic N) is 3. The van der Waals surface area contributed by atoms with E-state index in [1.54, 1.807) is 12.1 Å². The van der Waals surface area contributed by atoms with Crippen molar-refractivity contribution in [3.8, 4) is 16.9 Å². The van der Waals surface area contributed by atoms with Crippen molar-refractivity contribution >= 4 is 23.1 Å². The van der Waals surface area contributed by atoms with Gasteiger partial charge in [-0.2, -0.15) is 4.39 Å². The van der Waals surface area contributed by atoms with Gasteiger partial charge >= 0.3 is 0 Å². The van der Waals surface area contributed by atoms with E-state index < -0.39 is 11.9 Å². The smallest absolute Gasteiger partial charge is 0.242 e. The highest BCUT2D eigenvalue weighted by Crippen LogP contribution is 2.43. The van der Waals surface area contributed by atoms with Crippen LogP contribution in [0.15, 0.2) is 54.7 Å². The van der Waals surface area contributed by atoms with Crippen molar-refractivity contribution in [2.24, 2.45) is 17.6 Å². The molecule has 8 heteroatoms. The summed E-state index contributed by atoms with van der Waals surface area (Å²) in [7, 11) is 3.91. The number of fused-ring (bicyclic) bond motifs is 1. The molecule has 1 aliphatic carbocycles. The molecule has 2 heterocycles. The van der Waals surface area contributed by atoms with Gasteiger partial charge in [-0.05, 0) is 86.7 Å². The van der Waals surface area contributed by atoms with Crippen molar-refractivity contribution in [2.75, 3.05) is 19.0 Å². The van der Waals surface area contributed by atoms with Crippen LogP contribution in [0.25, 0.3) is 11.1 Å². The molecule has 3 aromatic rings. The number of halogens is 1. The van der Waals surface area contributed by atoms with Gasteiger partial charge in [-0.25, -0.2) is 4.98 Å². The topological polar surface area (TPSA) is 99.8 Å². The molecule has 0 saturated heterocycles. The molecule has 0 radical (unpaired) electrons.